The molecule has 0 aliphatic carbocycles. The number of hydrogen-bond acceptors (Lipinski definition) is 2. The molecular weight excluding hydrogens is 266 g/mol. The van der Waals surface area contributed by atoms with E-state index in [0.29, 0.717) is 5.02 Å². The lowest BCUT2D eigenvalue weighted by molar-refractivity contribution is -0.133. The molecule has 0 saturated heterocycles. The van der Waals surface area contributed by atoms with E-state index in [2.05, 4.69) is 5.32 Å². The second-order valence-corrected chi connectivity index (χ2v) is 4.85. The van der Waals surface area contributed by atoms with Gasteiger partial charge in [0, 0.05) is 12.1 Å². The first kappa shape index (κ1) is 15.3. The topological polar surface area (TPSA) is 75.4 Å². The van der Waals surface area contributed by atoms with E-state index < -0.39 is 12.1 Å². The summed E-state index contributed by atoms with van der Waals surface area (Å²) >= 11 is 5.93. The Balaban J connectivity index is 2.79. The summed E-state index contributed by atoms with van der Waals surface area (Å²) < 4.78 is 0. The van der Waals surface area contributed by atoms with E-state index in [1.54, 1.807) is 24.9 Å². The fourth-order valence-electron chi connectivity index (χ4n) is 1.76. The predicted molar refractivity (Wildman–Crippen MR) is 74.8 cm³/mol. The van der Waals surface area contributed by atoms with E-state index in [0.717, 1.165) is 5.56 Å². The number of primary amides is 1. The van der Waals surface area contributed by atoms with Crippen molar-refractivity contribution in [2.24, 2.45) is 5.73 Å². The van der Waals surface area contributed by atoms with Gasteiger partial charge in [-0.25, -0.2) is 4.79 Å². The Morgan fingerprint density at radius 3 is 2.53 bits per heavy atom. The molecule has 2 atom stereocenters. The van der Waals surface area contributed by atoms with Crippen molar-refractivity contribution in [1.82, 2.24) is 10.2 Å². The molecule has 0 bridgehead atoms. The standard InChI is InChI=1S/C13H18ClN3O2/c1-8(16-13(15)19)12(18)17(3)9(2)10-5-4-6-11(14)7-10/h4-9H,1-3H3,(H3,15,16,19)/t8-,9+/m0/s1. The van der Waals surface area contributed by atoms with Crippen LogP contribution in [-0.4, -0.2) is 29.9 Å². The molecule has 0 unspecified atom stereocenters. The fourth-order valence-corrected chi connectivity index (χ4v) is 1.96. The third-order valence-corrected chi connectivity index (χ3v) is 3.22. The van der Waals surface area contributed by atoms with Gasteiger partial charge in [0.25, 0.3) is 0 Å². The van der Waals surface area contributed by atoms with E-state index in [4.69, 9.17) is 17.3 Å². The van der Waals surface area contributed by atoms with Crippen molar-refractivity contribution in [2.75, 3.05) is 7.05 Å². The normalized spacial score (nSPS) is 13.5. The number of halogens is 1. The molecule has 5 nitrogen and oxygen atoms in total. The van der Waals surface area contributed by atoms with E-state index in [-0.39, 0.29) is 11.9 Å². The van der Waals surface area contributed by atoms with Crippen LogP contribution in [0.15, 0.2) is 24.3 Å². The molecule has 0 aliphatic heterocycles. The predicted octanol–water partition coefficient (Wildman–Crippen LogP) is 1.92. The molecule has 1 rings (SSSR count). The van der Waals surface area contributed by atoms with Crippen LogP contribution in [0.2, 0.25) is 5.02 Å². The van der Waals surface area contributed by atoms with E-state index >= 15 is 0 Å². The number of rotatable bonds is 4. The molecule has 0 heterocycles. The summed E-state index contributed by atoms with van der Waals surface area (Å²) in [5.74, 6) is -0.216. The van der Waals surface area contributed by atoms with Gasteiger partial charge in [-0.1, -0.05) is 23.7 Å². The number of nitrogens with one attached hydrogen (secondary N) is 1. The molecule has 1 aromatic carbocycles. The molecule has 0 spiro atoms. The molecule has 3 N–H and O–H groups in total. The summed E-state index contributed by atoms with van der Waals surface area (Å²) in [6.45, 7) is 3.48. The Kier molecular flexibility index (Phi) is 5.18. The lowest BCUT2D eigenvalue weighted by Crippen LogP contribution is -2.47. The number of carbonyl (C=O) groups excluding carboxylic acids is 2. The molecular formula is C13H18ClN3O2. The minimum absolute atomic E-state index is 0.150. The van der Waals surface area contributed by atoms with Gasteiger partial charge < -0.3 is 16.0 Å². The van der Waals surface area contributed by atoms with Crippen LogP contribution >= 0.6 is 11.6 Å². The summed E-state index contributed by atoms with van der Waals surface area (Å²) in [6.07, 6.45) is 0. The van der Waals surface area contributed by atoms with E-state index in [9.17, 15) is 9.59 Å². The molecule has 6 heteroatoms. The lowest BCUT2D eigenvalue weighted by atomic mass is 10.1. The van der Waals surface area contributed by atoms with Crippen molar-refractivity contribution in [2.45, 2.75) is 25.9 Å². The third kappa shape index (κ3) is 4.13. The van der Waals surface area contributed by atoms with Crippen LogP contribution in [0.1, 0.15) is 25.5 Å². The van der Waals surface area contributed by atoms with Crippen LogP contribution in [0.3, 0.4) is 0 Å². The molecule has 0 aliphatic rings. The Morgan fingerprint density at radius 2 is 2.00 bits per heavy atom. The summed E-state index contributed by atoms with van der Waals surface area (Å²) in [5, 5.41) is 2.98. The average Bonchev–Trinajstić information content (AvgIpc) is 2.35. The van der Waals surface area contributed by atoms with Crippen molar-refractivity contribution in [3.8, 4) is 0 Å². The number of nitrogens with two attached hydrogens (primary N) is 1. The van der Waals surface area contributed by atoms with Gasteiger partial charge in [0.05, 0.1) is 6.04 Å². The van der Waals surface area contributed by atoms with Crippen molar-refractivity contribution >= 4 is 23.5 Å². The highest BCUT2D eigenvalue weighted by atomic mass is 35.5. The second-order valence-electron chi connectivity index (χ2n) is 4.41. The molecule has 0 saturated carbocycles. The van der Waals surface area contributed by atoms with Gasteiger partial charge in [0.1, 0.15) is 6.04 Å². The Bertz CT molecular complexity index is 479. The third-order valence-electron chi connectivity index (χ3n) is 2.99. The quantitative estimate of drug-likeness (QED) is 0.886. The number of hydrogen-bond donors (Lipinski definition) is 2. The van der Waals surface area contributed by atoms with Gasteiger partial charge in [-0.2, -0.15) is 0 Å². The highest BCUT2D eigenvalue weighted by Crippen LogP contribution is 2.22. The average molecular weight is 284 g/mol. The molecule has 3 amide bonds. The first-order valence-electron chi connectivity index (χ1n) is 5.91. The Labute approximate surface area is 117 Å². The summed E-state index contributed by atoms with van der Waals surface area (Å²) in [4.78, 5) is 24.4. The highest BCUT2D eigenvalue weighted by Gasteiger charge is 2.23. The molecule has 0 fully saturated rings. The highest BCUT2D eigenvalue weighted by molar-refractivity contribution is 6.30. The van der Waals surface area contributed by atoms with Crippen molar-refractivity contribution in [3.05, 3.63) is 34.9 Å². The second kappa shape index (κ2) is 6.43. The van der Waals surface area contributed by atoms with E-state index in [1.807, 2.05) is 25.1 Å². The van der Waals surface area contributed by atoms with Crippen LogP contribution in [0.5, 0.6) is 0 Å². The smallest absolute Gasteiger partial charge is 0.312 e. The van der Waals surface area contributed by atoms with E-state index in [1.165, 1.54) is 0 Å². The lowest BCUT2D eigenvalue weighted by Gasteiger charge is -2.28. The van der Waals surface area contributed by atoms with Gasteiger partial charge in [-0.05, 0) is 31.5 Å². The maximum absolute atomic E-state index is 12.1. The van der Waals surface area contributed by atoms with Crippen LogP contribution in [0, 0.1) is 0 Å². The van der Waals surface area contributed by atoms with Gasteiger partial charge in [-0.3, -0.25) is 4.79 Å². The summed E-state index contributed by atoms with van der Waals surface area (Å²) in [5.41, 5.74) is 5.93. The van der Waals surface area contributed by atoms with Gasteiger partial charge in [0.2, 0.25) is 5.91 Å². The molecule has 0 radical (unpaired) electrons. The minimum Gasteiger partial charge on any atom is -0.352 e. The van der Waals surface area contributed by atoms with Crippen molar-refractivity contribution in [1.29, 1.82) is 0 Å². The number of benzene rings is 1. The first-order valence-corrected chi connectivity index (χ1v) is 6.28. The van der Waals surface area contributed by atoms with Crippen LogP contribution < -0.4 is 11.1 Å². The fraction of sp³-hybridized carbons (Fsp3) is 0.385. The van der Waals surface area contributed by atoms with Crippen LogP contribution in [-0.2, 0) is 4.79 Å². The zero-order valence-corrected chi connectivity index (χ0v) is 11.9. The number of nitrogens with zero attached hydrogens (tertiary/aromatic N) is 1. The zero-order chi connectivity index (χ0) is 14.6. The monoisotopic (exact) mass is 283 g/mol. The Hall–Kier alpha value is -1.75. The maximum atomic E-state index is 12.1. The number of carbonyl (C=O) groups is 2. The van der Waals surface area contributed by atoms with Crippen LogP contribution in [0.25, 0.3) is 0 Å². The summed E-state index contributed by atoms with van der Waals surface area (Å²) in [6, 6.07) is 5.78. The Morgan fingerprint density at radius 1 is 1.37 bits per heavy atom. The van der Waals surface area contributed by atoms with Gasteiger partial charge in [0.15, 0.2) is 0 Å². The minimum atomic E-state index is -0.718. The molecule has 1 aromatic rings. The van der Waals surface area contributed by atoms with Crippen molar-refractivity contribution in [3.63, 3.8) is 0 Å². The van der Waals surface area contributed by atoms with Gasteiger partial charge >= 0.3 is 6.03 Å². The summed E-state index contributed by atoms with van der Waals surface area (Å²) in [7, 11) is 1.67. The first-order chi connectivity index (χ1) is 8.82. The largest absolute Gasteiger partial charge is 0.352 e. The number of amides is 3. The SMILES string of the molecule is C[C@H](NC(N)=O)C(=O)N(C)[C@H](C)c1cccc(Cl)c1. The maximum Gasteiger partial charge on any atom is 0.312 e. The molecule has 19 heavy (non-hydrogen) atoms. The molecule has 0 aromatic heterocycles. The zero-order valence-electron chi connectivity index (χ0n) is 11.2. The van der Waals surface area contributed by atoms with Gasteiger partial charge in [-0.15, -0.1) is 0 Å². The molecule has 104 valence electrons. The number of urea groups is 1. The number of likely N-dealkylation sites (N-methyl/N-ethyl adjacent to an activating group) is 1. The van der Waals surface area contributed by atoms with Crippen LogP contribution in [0.4, 0.5) is 4.79 Å². The van der Waals surface area contributed by atoms with Crippen molar-refractivity contribution < 1.29 is 9.59 Å².